The van der Waals surface area contributed by atoms with Crippen LogP contribution in [0.25, 0.3) is 0 Å². The van der Waals surface area contributed by atoms with Crippen LogP contribution >= 0.6 is 23.8 Å². The van der Waals surface area contributed by atoms with E-state index in [9.17, 15) is 4.79 Å². The van der Waals surface area contributed by atoms with E-state index >= 15 is 0 Å². The first kappa shape index (κ1) is 14.5. The first-order valence-corrected chi connectivity index (χ1v) is 6.55. The lowest BCUT2D eigenvalue weighted by Crippen LogP contribution is -2.37. The van der Waals surface area contributed by atoms with Crippen molar-refractivity contribution in [2.45, 2.75) is 19.9 Å². The molecule has 0 aromatic heterocycles. The highest BCUT2D eigenvalue weighted by Gasteiger charge is 2.35. The number of nitrogens with two attached hydrogens (primary N) is 1. The molecule has 1 amide bonds. The molecule has 0 unspecified atom stereocenters. The Bertz CT molecular complexity index is 643. The third-order valence-corrected chi connectivity index (χ3v) is 3.41. The molecule has 6 nitrogen and oxygen atoms in total. The van der Waals surface area contributed by atoms with Crippen molar-refractivity contribution in [1.82, 2.24) is 5.01 Å². The lowest BCUT2D eigenvalue weighted by Gasteiger charge is -2.08. The van der Waals surface area contributed by atoms with Crippen molar-refractivity contribution in [3.63, 3.8) is 0 Å². The molecule has 1 aliphatic heterocycles. The Hall–Kier alpha value is -1.86. The van der Waals surface area contributed by atoms with Crippen molar-refractivity contribution in [3.8, 4) is 0 Å². The second kappa shape index (κ2) is 5.64. The molecule has 0 aliphatic carbocycles. The Balaban J connectivity index is 2.25. The van der Waals surface area contributed by atoms with Crippen LogP contribution in [0.4, 0.5) is 5.69 Å². The summed E-state index contributed by atoms with van der Waals surface area (Å²) >= 11 is 10.7. The Labute approximate surface area is 126 Å². The number of benzene rings is 1. The fourth-order valence-electron chi connectivity index (χ4n) is 1.67. The zero-order valence-electron chi connectivity index (χ0n) is 10.9. The maximum atomic E-state index is 12.0. The van der Waals surface area contributed by atoms with Gasteiger partial charge < -0.3 is 5.73 Å². The molecule has 1 heterocycles. The second-order valence-corrected chi connectivity index (χ2v) is 5.06. The van der Waals surface area contributed by atoms with Gasteiger partial charge in [-0.1, -0.05) is 17.7 Å². The molecular formula is C12H12ClN5OS. The largest absolute Gasteiger partial charge is 0.374 e. The highest BCUT2D eigenvalue weighted by Crippen LogP contribution is 2.26. The zero-order chi connectivity index (χ0) is 14.9. The summed E-state index contributed by atoms with van der Waals surface area (Å²) in [5.74, 6) is -0.404. The van der Waals surface area contributed by atoms with E-state index in [4.69, 9.17) is 29.6 Å². The van der Waals surface area contributed by atoms with Crippen molar-refractivity contribution in [2.75, 3.05) is 0 Å². The van der Waals surface area contributed by atoms with E-state index < -0.39 is 11.9 Å². The summed E-state index contributed by atoms with van der Waals surface area (Å²) < 4.78 is 0. The van der Waals surface area contributed by atoms with Crippen LogP contribution in [0.3, 0.4) is 0 Å². The molecule has 20 heavy (non-hydrogen) atoms. The number of rotatable bonds is 2. The SMILES string of the molecule is CC1=NN(C(N)=S)C(=O)[C@@H]1N=Nc1cccc(Cl)c1C. The van der Waals surface area contributed by atoms with Gasteiger partial charge in [-0.25, -0.2) is 0 Å². The van der Waals surface area contributed by atoms with Crippen molar-refractivity contribution < 1.29 is 4.79 Å². The molecule has 1 aliphatic rings. The van der Waals surface area contributed by atoms with Crippen molar-refractivity contribution >= 4 is 46.2 Å². The molecule has 0 radical (unpaired) electrons. The monoisotopic (exact) mass is 309 g/mol. The van der Waals surface area contributed by atoms with Crippen molar-refractivity contribution in [1.29, 1.82) is 0 Å². The van der Waals surface area contributed by atoms with Gasteiger partial charge in [0.15, 0.2) is 11.2 Å². The number of halogens is 1. The van der Waals surface area contributed by atoms with E-state index in [0.717, 1.165) is 10.6 Å². The van der Waals surface area contributed by atoms with Gasteiger partial charge in [0, 0.05) is 5.02 Å². The molecular weight excluding hydrogens is 298 g/mol. The quantitative estimate of drug-likeness (QED) is 0.673. The molecule has 104 valence electrons. The van der Waals surface area contributed by atoms with Crippen LogP contribution in [-0.4, -0.2) is 27.8 Å². The molecule has 2 rings (SSSR count). The van der Waals surface area contributed by atoms with Crippen LogP contribution in [0.15, 0.2) is 33.5 Å². The minimum absolute atomic E-state index is 0.106. The van der Waals surface area contributed by atoms with Crippen LogP contribution < -0.4 is 5.73 Å². The molecule has 0 saturated heterocycles. The number of hydrazone groups is 1. The Kier molecular flexibility index (Phi) is 4.10. The Morgan fingerprint density at radius 1 is 1.50 bits per heavy atom. The molecule has 0 saturated carbocycles. The molecule has 1 aromatic rings. The average Bonchev–Trinajstić information content (AvgIpc) is 2.67. The van der Waals surface area contributed by atoms with Crippen molar-refractivity contribution in [3.05, 3.63) is 28.8 Å². The van der Waals surface area contributed by atoms with E-state index in [2.05, 4.69) is 15.3 Å². The molecule has 8 heteroatoms. The first-order chi connectivity index (χ1) is 9.41. The molecule has 0 fully saturated rings. The average molecular weight is 310 g/mol. The fraction of sp³-hybridized carbons (Fsp3) is 0.250. The Morgan fingerprint density at radius 2 is 2.20 bits per heavy atom. The van der Waals surface area contributed by atoms with Gasteiger partial charge in [-0.05, 0) is 43.8 Å². The van der Waals surface area contributed by atoms with Crippen LogP contribution in [0.2, 0.25) is 5.02 Å². The van der Waals surface area contributed by atoms with Crippen LogP contribution in [0.5, 0.6) is 0 Å². The number of thiocarbonyl (C=S) groups is 1. The zero-order valence-corrected chi connectivity index (χ0v) is 12.4. The van der Waals surface area contributed by atoms with Gasteiger partial charge in [0.25, 0.3) is 5.91 Å². The van der Waals surface area contributed by atoms with E-state index in [1.807, 2.05) is 6.92 Å². The van der Waals surface area contributed by atoms with E-state index in [1.54, 1.807) is 25.1 Å². The van der Waals surface area contributed by atoms with Crippen LogP contribution in [-0.2, 0) is 4.79 Å². The third-order valence-electron chi connectivity index (χ3n) is 2.82. The third kappa shape index (κ3) is 2.68. The summed E-state index contributed by atoms with van der Waals surface area (Å²) in [4.78, 5) is 12.0. The highest BCUT2D eigenvalue weighted by molar-refractivity contribution is 7.80. The predicted octanol–water partition coefficient (Wildman–Crippen LogP) is 2.56. The van der Waals surface area contributed by atoms with Gasteiger partial charge >= 0.3 is 0 Å². The summed E-state index contributed by atoms with van der Waals surface area (Å²) in [5.41, 5.74) is 7.29. The van der Waals surface area contributed by atoms with Gasteiger partial charge in [0.2, 0.25) is 0 Å². The summed E-state index contributed by atoms with van der Waals surface area (Å²) in [7, 11) is 0. The lowest BCUT2D eigenvalue weighted by atomic mass is 10.2. The summed E-state index contributed by atoms with van der Waals surface area (Å²) in [6.07, 6.45) is 0. The minimum atomic E-state index is -0.796. The molecule has 2 N–H and O–H groups in total. The van der Waals surface area contributed by atoms with E-state index in [0.29, 0.717) is 16.4 Å². The van der Waals surface area contributed by atoms with E-state index in [1.165, 1.54) is 0 Å². The summed E-state index contributed by atoms with van der Waals surface area (Å²) in [6.45, 7) is 3.50. The van der Waals surface area contributed by atoms with E-state index in [-0.39, 0.29) is 5.11 Å². The molecule has 0 spiro atoms. The van der Waals surface area contributed by atoms with Gasteiger partial charge in [0.05, 0.1) is 11.4 Å². The summed E-state index contributed by atoms with van der Waals surface area (Å²) in [6, 6.07) is 4.50. The smallest absolute Gasteiger partial charge is 0.282 e. The second-order valence-electron chi connectivity index (χ2n) is 4.23. The topological polar surface area (TPSA) is 83.4 Å². The number of hydrogen-bond acceptors (Lipinski definition) is 5. The van der Waals surface area contributed by atoms with Crippen LogP contribution in [0.1, 0.15) is 12.5 Å². The maximum Gasteiger partial charge on any atom is 0.282 e. The fourth-order valence-corrected chi connectivity index (χ4v) is 1.97. The number of azo groups is 1. The maximum absolute atomic E-state index is 12.0. The number of carbonyl (C=O) groups is 1. The standard InChI is InChI=1S/C12H12ClN5OS/c1-6-8(13)4-3-5-9(6)15-16-10-7(2)17-18(11(10)19)12(14)20/h3-5,10H,1-2H3,(H2,14,20)/t10-/m1/s1. The molecule has 1 atom stereocenters. The number of nitrogens with zero attached hydrogens (tertiary/aromatic N) is 4. The number of amides is 1. The first-order valence-electron chi connectivity index (χ1n) is 5.76. The molecule has 1 aromatic carbocycles. The van der Waals surface area contributed by atoms with Crippen molar-refractivity contribution in [2.24, 2.45) is 21.1 Å². The Morgan fingerprint density at radius 3 is 2.80 bits per heavy atom. The number of hydrogen-bond donors (Lipinski definition) is 1. The van der Waals surface area contributed by atoms with Gasteiger partial charge in [-0.2, -0.15) is 20.3 Å². The van der Waals surface area contributed by atoms with Gasteiger partial charge in [0.1, 0.15) is 0 Å². The van der Waals surface area contributed by atoms with Gasteiger partial charge in [-0.3, -0.25) is 4.79 Å². The van der Waals surface area contributed by atoms with Crippen LogP contribution in [0, 0.1) is 6.92 Å². The van der Waals surface area contributed by atoms with Gasteiger partial charge in [-0.15, -0.1) is 0 Å². The molecule has 0 bridgehead atoms. The normalized spacial score (nSPS) is 18.8. The predicted molar refractivity (Wildman–Crippen MR) is 81.2 cm³/mol. The number of carbonyl (C=O) groups excluding carboxylic acids is 1. The minimum Gasteiger partial charge on any atom is -0.374 e. The lowest BCUT2D eigenvalue weighted by molar-refractivity contribution is -0.126. The summed E-state index contributed by atoms with van der Waals surface area (Å²) in [5, 5.41) is 13.5. The highest BCUT2D eigenvalue weighted by atomic mass is 35.5.